The summed E-state index contributed by atoms with van der Waals surface area (Å²) in [4.78, 5) is 11.4. The third kappa shape index (κ3) is 1.81. The zero-order valence-electron chi connectivity index (χ0n) is 8.74. The van der Waals surface area contributed by atoms with E-state index in [9.17, 15) is 4.79 Å². The van der Waals surface area contributed by atoms with Crippen molar-refractivity contribution in [3.05, 3.63) is 29.8 Å². The lowest BCUT2D eigenvalue weighted by Crippen LogP contribution is -2.34. The van der Waals surface area contributed by atoms with Crippen molar-refractivity contribution < 1.29 is 9.53 Å². The van der Waals surface area contributed by atoms with Gasteiger partial charge >= 0.3 is 5.97 Å². The van der Waals surface area contributed by atoms with Crippen LogP contribution in [0.2, 0.25) is 0 Å². The summed E-state index contributed by atoms with van der Waals surface area (Å²) in [7, 11) is 0. The van der Waals surface area contributed by atoms with Crippen molar-refractivity contribution in [2.24, 2.45) is 5.92 Å². The molecule has 1 heterocycles. The van der Waals surface area contributed by atoms with E-state index in [2.05, 4.69) is 29.8 Å². The molecule has 0 aromatic heterocycles. The van der Waals surface area contributed by atoms with Gasteiger partial charge in [-0.1, -0.05) is 48.0 Å². The normalized spacial score (nSPS) is 24.9. The number of para-hydroxylation sites is 1. The molecule has 2 atom stereocenters. The first-order chi connectivity index (χ1) is 7.11. The highest BCUT2D eigenvalue weighted by atomic mass is 79.9. The van der Waals surface area contributed by atoms with Crippen LogP contribution in [0.4, 0.5) is 0 Å². The minimum Gasteiger partial charge on any atom is -0.425 e. The lowest BCUT2D eigenvalue weighted by Gasteiger charge is -2.31. The number of rotatable bonds is 1. The number of hydrogen-bond donors (Lipinski definition) is 0. The molecule has 0 amide bonds. The number of fused-ring (bicyclic) bond motifs is 1. The van der Waals surface area contributed by atoms with Crippen molar-refractivity contribution in [1.29, 1.82) is 0 Å². The standard InChI is InChI=1S/C12H13BrO2/c1-7(2)10-8-5-3-4-6-9(8)15-12(14)11(10)13/h3-7,10-11H,1-2H3. The smallest absolute Gasteiger partial charge is 0.325 e. The van der Waals surface area contributed by atoms with Crippen LogP contribution in [0, 0.1) is 5.92 Å². The number of hydrogen-bond acceptors (Lipinski definition) is 2. The lowest BCUT2D eigenvalue weighted by molar-refractivity contribution is -0.135. The molecule has 1 aromatic rings. The molecule has 0 saturated heterocycles. The Morgan fingerprint density at radius 1 is 1.33 bits per heavy atom. The minimum atomic E-state index is -0.229. The quantitative estimate of drug-likeness (QED) is 0.445. The predicted molar refractivity (Wildman–Crippen MR) is 62.4 cm³/mol. The van der Waals surface area contributed by atoms with Crippen molar-refractivity contribution in [2.75, 3.05) is 0 Å². The van der Waals surface area contributed by atoms with Crippen LogP contribution < -0.4 is 4.74 Å². The van der Waals surface area contributed by atoms with Gasteiger partial charge in [-0.3, -0.25) is 4.79 Å². The molecule has 0 saturated carbocycles. The first kappa shape index (κ1) is 10.7. The minimum absolute atomic E-state index is 0.188. The highest BCUT2D eigenvalue weighted by molar-refractivity contribution is 9.10. The van der Waals surface area contributed by atoms with Crippen LogP contribution in [-0.2, 0) is 4.79 Å². The molecule has 1 aliphatic rings. The topological polar surface area (TPSA) is 26.3 Å². The van der Waals surface area contributed by atoms with Gasteiger partial charge in [0, 0.05) is 5.92 Å². The summed E-state index contributed by atoms with van der Waals surface area (Å²) >= 11 is 3.42. The maximum atomic E-state index is 11.6. The number of halogens is 1. The van der Waals surface area contributed by atoms with E-state index in [1.807, 2.05) is 24.3 Å². The number of esters is 1. The Hall–Kier alpha value is -0.830. The van der Waals surface area contributed by atoms with E-state index in [1.165, 1.54) is 0 Å². The fraction of sp³-hybridized carbons (Fsp3) is 0.417. The summed E-state index contributed by atoms with van der Waals surface area (Å²) < 4.78 is 5.24. The summed E-state index contributed by atoms with van der Waals surface area (Å²) in [5.41, 5.74) is 1.12. The van der Waals surface area contributed by atoms with Crippen LogP contribution in [0.1, 0.15) is 25.3 Å². The molecular weight excluding hydrogens is 256 g/mol. The summed E-state index contributed by atoms with van der Waals surface area (Å²) in [5.74, 6) is 1.12. The van der Waals surface area contributed by atoms with E-state index >= 15 is 0 Å². The number of carbonyl (C=O) groups is 1. The molecule has 2 unspecified atom stereocenters. The third-order valence-corrected chi connectivity index (χ3v) is 3.69. The Labute approximate surface area is 97.8 Å². The van der Waals surface area contributed by atoms with Crippen LogP contribution >= 0.6 is 15.9 Å². The first-order valence-corrected chi connectivity index (χ1v) is 5.97. The predicted octanol–water partition coefficient (Wildman–Crippen LogP) is 3.11. The second-order valence-corrected chi connectivity index (χ2v) is 5.12. The van der Waals surface area contributed by atoms with Gasteiger partial charge in [0.1, 0.15) is 10.6 Å². The molecule has 1 aromatic carbocycles. The first-order valence-electron chi connectivity index (χ1n) is 5.06. The second-order valence-electron chi connectivity index (χ2n) is 4.13. The third-order valence-electron chi connectivity index (χ3n) is 2.75. The maximum absolute atomic E-state index is 11.6. The Kier molecular flexibility index (Phi) is 2.83. The Morgan fingerprint density at radius 3 is 2.67 bits per heavy atom. The molecule has 0 N–H and O–H groups in total. The van der Waals surface area contributed by atoms with E-state index in [4.69, 9.17) is 4.74 Å². The van der Waals surface area contributed by atoms with E-state index in [0.717, 1.165) is 5.56 Å². The number of ether oxygens (including phenoxy) is 1. The second kappa shape index (κ2) is 3.97. The number of benzene rings is 1. The number of alkyl halides is 1. The Bertz CT molecular complexity index is 387. The molecule has 80 valence electrons. The average Bonchev–Trinajstić information content (AvgIpc) is 2.19. The van der Waals surface area contributed by atoms with Crippen molar-refractivity contribution >= 4 is 21.9 Å². The zero-order chi connectivity index (χ0) is 11.0. The average molecular weight is 269 g/mol. The summed E-state index contributed by atoms with van der Waals surface area (Å²) in [5, 5.41) is 0. The van der Waals surface area contributed by atoms with Gasteiger partial charge in [0.25, 0.3) is 0 Å². The van der Waals surface area contributed by atoms with Gasteiger partial charge in [-0.2, -0.15) is 0 Å². The van der Waals surface area contributed by atoms with Crippen molar-refractivity contribution in [1.82, 2.24) is 0 Å². The molecule has 3 heteroatoms. The number of carbonyl (C=O) groups excluding carboxylic acids is 1. The molecule has 0 fully saturated rings. The largest absolute Gasteiger partial charge is 0.425 e. The molecular formula is C12H13BrO2. The summed E-state index contributed by atoms with van der Waals surface area (Å²) in [6, 6.07) is 7.74. The van der Waals surface area contributed by atoms with Crippen LogP contribution in [-0.4, -0.2) is 10.8 Å². The molecule has 0 aliphatic carbocycles. The van der Waals surface area contributed by atoms with Crippen LogP contribution in [0.3, 0.4) is 0 Å². The highest BCUT2D eigenvalue weighted by Crippen LogP contribution is 2.41. The van der Waals surface area contributed by atoms with Crippen molar-refractivity contribution in [2.45, 2.75) is 24.6 Å². The van der Waals surface area contributed by atoms with Gasteiger partial charge in [-0.25, -0.2) is 0 Å². The van der Waals surface area contributed by atoms with Crippen LogP contribution in [0.5, 0.6) is 5.75 Å². The van der Waals surface area contributed by atoms with Crippen LogP contribution in [0.25, 0.3) is 0 Å². The maximum Gasteiger partial charge on any atom is 0.325 e. The molecule has 15 heavy (non-hydrogen) atoms. The highest BCUT2D eigenvalue weighted by Gasteiger charge is 2.37. The van der Waals surface area contributed by atoms with E-state index in [0.29, 0.717) is 11.7 Å². The van der Waals surface area contributed by atoms with Gasteiger partial charge in [-0.05, 0) is 17.5 Å². The molecule has 2 rings (SSSR count). The van der Waals surface area contributed by atoms with Gasteiger partial charge in [0.15, 0.2) is 0 Å². The fourth-order valence-electron chi connectivity index (χ4n) is 2.01. The SMILES string of the molecule is CC(C)C1c2ccccc2OC(=O)C1Br. The molecule has 1 aliphatic heterocycles. The van der Waals surface area contributed by atoms with E-state index in [-0.39, 0.29) is 16.7 Å². The fourth-order valence-corrected chi connectivity index (χ4v) is 3.00. The molecule has 2 nitrogen and oxygen atoms in total. The summed E-state index contributed by atoms with van der Waals surface area (Å²) in [6.45, 7) is 4.24. The van der Waals surface area contributed by atoms with Gasteiger partial charge < -0.3 is 4.74 Å². The lowest BCUT2D eigenvalue weighted by atomic mass is 9.84. The Morgan fingerprint density at radius 2 is 2.00 bits per heavy atom. The van der Waals surface area contributed by atoms with Crippen molar-refractivity contribution in [3.63, 3.8) is 0 Å². The molecule has 0 spiro atoms. The zero-order valence-corrected chi connectivity index (χ0v) is 10.3. The Balaban J connectivity index is 2.49. The van der Waals surface area contributed by atoms with Crippen molar-refractivity contribution in [3.8, 4) is 5.75 Å². The molecule has 0 radical (unpaired) electrons. The van der Waals surface area contributed by atoms with E-state index < -0.39 is 0 Å². The summed E-state index contributed by atoms with van der Waals surface area (Å²) in [6.07, 6.45) is 0. The van der Waals surface area contributed by atoms with Gasteiger partial charge in [0.05, 0.1) is 0 Å². The van der Waals surface area contributed by atoms with Gasteiger partial charge in [0.2, 0.25) is 0 Å². The monoisotopic (exact) mass is 268 g/mol. The van der Waals surface area contributed by atoms with Gasteiger partial charge in [-0.15, -0.1) is 0 Å². The molecule has 0 bridgehead atoms. The van der Waals surface area contributed by atoms with Crippen LogP contribution in [0.15, 0.2) is 24.3 Å². The van der Waals surface area contributed by atoms with E-state index in [1.54, 1.807) is 0 Å².